The van der Waals surface area contributed by atoms with Gasteiger partial charge in [-0.3, -0.25) is 10.1 Å². The summed E-state index contributed by atoms with van der Waals surface area (Å²) in [5.41, 5.74) is -0.133. The van der Waals surface area contributed by atoms with Gasteiger partial charge in [-0.1, -0.05) is 11.6 Å². The maximum atomic E-state index is 11.9. The summed E-state index contributed by atoms with van der Waals surface area (Å²) in [6, 6.07) is 10.5. The fourth-order valence-electron chi connectivity index (χ4n) is 1.83. The third-order valence-corrected chi connectivity index (χ3v) is 3.34. The number of halogens is 1. The highest BCUT2D eigenvalue weighted by Crippen LogP contribution is 2.23. The number of ether oxygens (including phenoxy) is 3. The second kappa shape index (κ2) is 8.16. The molecule has 7 nitrogen and oxygen atoms in total. The largest absolute Gasteiger partial charge is 0.497 e. The predicted molar refractivity (Wildman–Crippen MR) is 86.9 cm³/mol. The minimum Gasteiger partial charge on any atom is -0.497 e. The van der Waals surface area contributed by atoms with E-state index in [2.05, 4.69) is 0 Å². The van der Waals surface area contributed by atoms with Crippen LogP contribution in [-0.4, -0.2) is 31.2 Å². The molecule has 0 spiro atoms. The maximum absolute atomic E-state index is 11.9. The van der Waals surface area contributed by atoms with Crippen molar-refractivity contribution in [1.82, 2.24) is 0 Å². The van der Waals surface area contributed by atoms with Gasteiger partial charge in [-0.25, -0.2) is 4.79 Å². The second-order valence-electron chi connectivity index (χ2n) is 4.58. The number of carbonyl (C=O) groups excluding carboxylic acids is 1. The van der Waals surface area contributed by atoms with E-state index in [1.807, 2.05) is 0 Å². The number of carbonyl (C=O) groups is 1. The Bertz CT molecular complexity index is 732. The van der Waals surface area contributed by atoms with E-state index in [0.717, 1.165) is 6.07 Å². The first-order valence-electron chi connectivity index (χ1n) is 6.89. The van der Waals surface area contributed by atoms with Crippen LogP contribution in [0.5, 0.6) is 11.5 Å². The summed E-state index contributed by atoms with van der Waals surface area (Å²) < 4.78 is 15.5. The number of benzene rings is 2. The van der Waals surface area contributed by atoms with E-state index < -0.39 is 10.9 Å². The molecule has 0 aliphatic carbocycles. The highest BCUT2D eigenvalue weighted by atomic mass is 35.5. The number of rotatable bonds is 7. The number of hydrogen-bond donors (Lipinski definition) is 0. The Morgan fingerprint density at radius 3 is 2.38 bits per heavy atom. The Labute approximate surface area is 142 Å². The molecule has 0 saturated carbocycles. The fraction of sp³-hybridized carbons (Fsp3) is 0.188. The zero-order chi connectivity index (χ0) is 17.5. The molecule has 24 heavy (non-hydrogen) atoms. The highest BCUT2D eigenvalue weighted by molar-refractivity contribution is 6.33. The zero-order valence-electron chi connectivity index (χ0n) is 12.7. The van der Waals surface area contributed by atoms with Crippen LogP contribution in [0.25, 0.3) is 0 Å². The van der Waals surface area contributed by atoms with Crippen molar-refractivity contribution in [3.05, 3.63) is 63.2 Å². The number of non-ortho nitro benzene ring substituents is 1. The van der Waals surface area contributed by atoms with Crippen LogP contribution < -0.4 is 9.47 Å². The average Bonchev–Trinajstić information content (AvgIpc) is 2.58. The second-order valence-corrected chi connectivity index (χ2v) is 4.99. The van der Waals surface area contributed by atoms with Gasteiger partial charge in [0.1, 0.15) is 24.7 Å². The summed E-state index contributed by atoms with van der Waals surface area (Å²) in [6.07, 6.45) is 0. The molecule has 0 saturated heterocycles. The van der Waals surface area contributed by atoms with Crippen molar-refractivity contribution < 1.29 is 23.9 Å². The summed E-state index contributed by atoms with van der Waals surface area (Å²) in [6.45, 7) is 0.168. The lowest BCUT2D eigenvalue weighted by Gasteiger charge is -2.08. The molecule has 126 valence electrons. The molecule has 0 amide bonds. The molecule has 0 fully saturated rings. The first-order valence-corrected chi connectivity index (χ1v) is 7.27. The van der Waals surface area contributed by atoms with Crippen molar-refractivity contribution >= 4 is 23.3 Å². The molecule has 2 rings (SSSR count). The Morgan fingerprint density at radius 1 is 1.12 bits per heavy atom. The van der Waals surface area contributed by atoms with Crippen LogP contribution in [0.2, 0.25) is 5.02 Å². The van der Waals surface area contributed by atoms with Gasteiger partial charge in [0.25, 0.3) is 5.69 Å². The number of nitrogens with zero attached hydrogens (tertiary/aromatic N) is 1. The van der Waals surface area contributed by atoms with Crippen LogP contribution in [-0.2, 0) is 4.74 Å². The topological polar surface area (TPSA) is 87.9 Å². The number of hydrogen-bond acceptors (Lipinski definition) is 6. The van der Waals surface area contributed by atoms with Crippen molar-refractivity contribution in [1.29, 1.82) is 0 Å². The molecule has 0 bridgehead atoms. The third kappa shape index (κ3) is 4.60. The van der Waals surface area contributed by atoms with E-state index in [4.69, 9.17) is 25.8 Å². The van der Waals surface area contributed by atoms with Gasteiger partial charge >= 0.3 is 5.97 Å². The van der Waals surface area contributed by atoms with E-state index >= 15 is 0 Å². The Balaban J connectivity index is 1.83. The van der Waals surface area contributed by atoms with Gasteiger partial charge < -0.3 is 14.2 Å². The zero-order valence-corrected chi connectivity index (χ0v) is 13.5. The average molecular weight is 352 g/mol. The Hall–Kier alpha value is -2.80. The van der Waals surface area contributed by atoms with E-state index in [1.165, 1.54) is 12.1 Å². The standard InChI is InChI=1S/C16H14ClNO6/c1-22-12-3-5-13(6-4-12)23-8-9-24-16(19)14-7-2-11(18(20)21)10-15(14)17/h2-7,10H,8-9H2,1H3. The van der Waals surface area contributed by atoms with Gasteiger partial charge in [-0.15, -0.1) is 0 Å². The summed E-state index contributed by atoms with van der Waals surface area (Å²) >= 11 is 5.86. The van der Waals surface area contributed by atoms with Crippen LogP contribution >= 0.6 is 11.6 Å². The van der Waals surface area contributed by atoms with E-state index in [0.29, 0.717) is 11.5 Å². The number of methoxy groups -OCH3 is 1. The van der Waals surface area contributed by atoms with Gasteiger partial charge in [-0.05, 0) is 30.3 Å². The molecule has 0 aromatic heterocycles. The van der Waals surface area contributed by atoms with Crippen molar-refractivity contribution in [2.45, 2.75) is 0 Å². The number of nitro benzene ring substituents is 1. The normalized spacial score (nSPS) is 10.1. The van der Waals surface area contributed by atoms with E-state index in [-0.39, 0.29) is 29.5 Å². The summed E-state index contributed by atoms with van der Waals surface area (Å²) in [5.74, 6) is 0.648. The summed E-state index contributed by atoms with van der Waals surface area (Å²) in [7, 11) is 1.57. The number of esters is 1. The molecule has 0 atom stereocenters. The van der Waals surface area contributed by atoms with Crippen molar-refractivity contribution in [2.24, 2.45) is 0 Å². The molecular formula is C16H14ClNO6. The lowest BCUT2D eigenvalue weighted by molar-refractivity contribution is -0.384. The monoisotopic (exact) mass is 351 g/mol. The molecule has 2 aromatic rings. The van der Waals surface area contributed by atoms with Crippen LogP contribution in [0.1, 0.15) is 10.4 Å². The quantitative estimate of drug-likeness (QED) is 0.328. The van der Waals surface area contributed by atoms with Gasteiger partial charge in [0.05, 0.1) is 22.6 Å². The molecule has 0 aliphatic heterocycles. The van der Waals surface area contributed by atoms with Crippen molar-refractivity contribution in [3.63, 3.8) is 0 Å². The van der Waals surface area contributed by atoms with Crippen molar-refractivity contribution in [2.75, 3.05) is 20.3 Å². The lowest BCUT2D eigenvalue weighted by atomic mass is 10.2. The van der Waals surface area contributed by atoms with Gasteiger partial charge in [0.2, 0.25) is 0 Å². The summed E-state index contributed by atoms with van der Waals surface area (Å²) in [4.78, 5) is 21.9. The van der Waals surface area contributed by atoms with Crippen LogP contribution in [0, 0.1) is 10.1 Å². The molecule has 0 aliphatic rings. The third-order valence-electron chi connectivity index (χ3n) is 3.03. The molecule has 2 aromatic carbocycles. The SMILES string of the molecule is COc1ccc(OCCOC(=O)c2ccc([N+](=O)[O-])cc2Cl)cc1. The smallest absolute Gasteiger partial charge is 0.339 e. The molecule has 0 radical (unpaired) electrons. The highest BCUT2D eigenvalue weighted by Gasteiger charge is 2.16. The molecular weight excluding hydrogens is 338 g/mol. The Kier molecular flexibility index (Phi) is 5.97. The predicted octanol–water partition coefficient (Wildman–Crippen LogP) is 3.49. The van der Waals surface area contributed by atoms with E-state index in [9.17, 15) is 14.9 Å². The van der Waals surface area contributed by atoms with Gasteiger partial charge in [0.15, 0.2) is 0 Å². The minimum atomic E-state index is -0.673. The Morgan fingerprint density at radius 2 is 1.79 bits per heavy atom. The van der Waals surface area contributed by atoms with Crippen molar-refractivity contribution in [3.8, 4) is 11.5 Å². The molecule has 0 heterocycles. The fourth-order valence-corrected chi connectivity index (χ4v) is 2.08. The van der Waals surface area contributed by atoms with Crippen LogP contribution in [0.15, 0.2) is 42.5 Å². The number of nitro groups is 1. The van der Waals surface area contributed by atoms with Crippen LogP contribution in [0.4, 0.5) is 5.69 Å². The van der Waals surface area contributed by atoms with Gasteiger partial charge in [0, 0.05) is 12.1 Å². The van der Waals surface area contributed by atoms with Gasteiger partial charge in [-0.2, -0.15) is 0 Å². The molecule has 0 unspecified atom stereocenters. The molecule has 0 N–H and O–H groups in total. The van der Waals surface area contributed by atoms with Crippen LogP contribution in [0.3, 0.4) is 0 Å². The maximum Gasteiger partial charge on any atom is 0.339 e. The summed E-state index contributed by atoms with van der Waals surface area (Å²) in [5, 5.41) is 10.6. The van der Waals surface area contributed by atoms with E-state index in [1.54, 1.807) is 31.4 Å². The first kappa shape index (κ1) is 17.6. The first-order chi connectivity index (χ1) is 11.5. The molecule has 8 heteroatoms. The lowest BCUT2D eigenvalue weighted by Crippen LogP contribution is -2.12. The minimum absolute atomic E-state index is 0.0121.